The highest BCUT2D eigenvalue weighted by atomic mass is 79.9. The van der Waals surface area contributed by atoms with Gasteiger partial charge in [-0.25, -0.2) is 4.89 Å². The summed E-state index contributed by atoms with van der Waals surface area (Å²) in [5.74, 6) is 0. The molecule has 0 spiro atoms. The van der Waals surface area contributed by atoms with Crippen LogP contribution in [0.15, 0.2) is 24.3 Å². The van der Waals surface area contributed by atoms with Crippen molar-refractivity contribution in [3.05, 3.63) is 29.8 Å². The maximum atomic E-state index is 9.88. The van der Waals surface area contributed by atoms with E-state index in [-0.39, 0.29) is 0 Å². The fourth-order valence-electron chi connectivity index (χ4n) is 0.974. The lowest BCUT2D eigenvalue weighted by Crippen LogP contribution is -2.08. The van der Waals surface area contributed by atoms with Gasteiger partial charge in [-0.2, -0.15) is 4.52 Å². The number of hydrogen-bond acceptors (Lipinski definition) is 2. The molecule has 0 aliphatic rings. The fourth-order valence-corrected chi connectivity index (χ4v) is 3.31. The molecule has 72 valence electrons. The molecule has 1 N–H and O–H groups in total. The molecule has 2 nitrogen and oxygen atoms in total. The van der Waals surface area contributed by atoms with Crippen LogP contribution in [-0.4, -0.2) is 11.5 Å². The standard InChI is InChI=1S/C9H13BrO2P/c1-3-12-13(10,11)9-6-4-8(2)5-7-9/h4-7,11H,3H2,1-2H3/q+1. The maximum Gasteiger partial charge on any atom is 0.372 e. The molecule has 0 heterocycles. The highest BCUT2D eigenvalue weighted by Gasteiger charge is 2.37. The summed E-state index contributed by atoms with van der Waals surface area (Å²) in [6.07, 6.45) is -2.50. The third kappa shape index (κ3) is 3.03. The Morgan fingerprint density at radius 1 is 1.38 bits per heavy atom. The van der Waals surface area contributed by atoms with Crippen LogP contribution in [0.1, 0.15) is 12.5 Å². The molecule has 0 amide bonds. The lowest BCUT2D eigenvalue weighted by molar-refractivity contribution is 0.333. The molecule has 0 bridgehead atoms. The zero-order valence-electron chi connectivity index (χ0n) is 7.70. The van der Waals surface area contributed by atoms with Crippen molar-refractivity contribution in [1.29, 1.82) is 0 Å². The molecule has 1 aromatic rings. The molecule has 0 aliphatic heterocycles. The largest absolute Gasteiger partial charge is 0.372 e. The van der Waals surface area contributed by atoms with E-state index in [9.17, 15) is 4.89 Å². The number of halogens is 1. The summed E-state index contributed by atoms with van der Waals surface area (Å²) in [5.41, 5.74) is 1.17. The minimum Gasteiger partial charge on any atom is -0.204 e. The molecule has 1 aromatic carbocycles. The van der Waals surface area contributed by atoms with Gasteiger partial charge in [-0.1, -0.05) is 17.7 Å². The van der Waals surface area contributed by atoms with Crippen LogP contribution in [-0.2, 0) is 4.52 Å². The van der Waals surface area contributed by atoms with Crippen LogP contribution < -0.4 is 5.30 Å². The summed E-state index contributed by atoms with van der Waals surface area (Å²) in [4.78, 5) is 9.88. The Morgan fingerprint density at radius 3 is 2.38 bits per heavy atom. The zero-order chi connectivity index (χ0) is 9.90. The van der Waals surface area contributed by atoms with Crippen LogP contribution in [0.5, 0.6) is 0 Å². The van der Waals surface area contributed by atoms with Crippen LogP contribution in [0, 0.1) is 6.92 Å². The van der Waals surface area contributed by atoms with E-state index in [1.807, 2.05) is 38.1 Å². The second kappa shape index (κ2) is 4.52. The van der Waals surface area contributed by atoms with Gasteiger partial charge < -0.3 is 0 Å². The Labute approximate surface area is 87.2 Å². The Bertz CT molecular complexity index is 271. The number of rotatable bonds is 3. The second-order valence-corrected chi connectivity index (χ2v) is 7.42. The van der Waals surface area contributed by atoms with Gasteiger partial charge in [0, 0.05) is 0 Å². The van der Waals surface area contributed by atoms with Crippen LogP contribution in [0.4, 0.5) is 0 Å². The lowest BCUT2D eigenvalue weighted by atomic mass is 10.2. The smallest absolute Gasteiger partial charge is 0.204 e. The van der Waals surface area contributed by atoms with Crippen molar-refractivity contribution in [1.82, 2.24) is 0 Å². The van der Waals surface area contributed by atoms with Gasteiger partial charge in [-0.3, -0.25) is 0 Å². The topological polar surface area (TPSA) is 29.5 Å². The number of aryl methyl sites for hydroxylation is 1. The van der Waals surface area contributed by atoms with Crippen molar-refractivity contribution >= 4 is 27.2 Å². The van der Waals surface area contributed by atoms with E-state index in [1.54, 1.807) is 0 Å². The molecule has 1 rings (SSSR count). The summed E-state index contributed by atoms with van der Waals surface area (Å²) in [6, 6.07) is 7.68. The molecule has 0 aliphatic carbocycles. The Kier molecular flexibility index (Phi) is 3.87. The van der Waals surface area contributed by atoms with Gasteiger partial charge in [-0.15, -0.1) is 0 Å². The maximum absolute atomic E-state index is 9.88. The van der Waals surface area contributed by atoms with E-state index in [0.717, 1.165) is 5.30 Å². The Balaban J connectivity index is 2.87. The molecular formula is C9H13BrO2P+. The quantitative estimate of drug-likeness (QED) is 0.850. The normalized spacial score (nSPS) is 15.4. The van der Waals surface area contributed by atoms with Crippen LogP contribution >= 0.6 is 21.9 Å². The van der Waals surface area contributed by atoms with Crippen molar-refractivity contribution in [2.24, 2.45) is 0 Å². The van der Waals surface area contributed by atoms with Crippen LogP contribution in [0.2, 0.25) is 0 Å². The average Bonchev–Trinajstić information content (AvgIpc) is 2.05. The molecule has 0 radical (unpaired) electrons. The molecule has 13 heavy (non-hydrogen) atoms. The first kappa shape index (κ1) is 11.1. The number of hydrogen-bond donors (Lipinski definition) is 1. The molecule has 1 atom stereocenters. The van der Waals surface area contributed by atoms with Crippen molar-refractivity contribution in [2.75, 3.05) is 6.61 Å². The first-order valence-electron chi connectivity index (χ1n) is 4.09. The first-order valence-corrected chi connectivity index (χ1v) is 7.77. The zero-order valence-corrected chi connectivity index (χ0v) is 10.2. The lowest BCUT2D eigenvalue weighted by Gasteiger charge is -2.09. The van der Waals surface area contributed by atoms with Gasteiger partial charge in [0.2, 0.25) is 15.5 Å². The van der Waals surface area contributed by atoms with Crippen molar-refractivity contribution in [3.8, 4) is 0 Å². The van der Waals surface area contributed by atoms with Crippen molar-refractivity contribution in [2.45, 2.75) is 13.8 Å². The molecule has 0 fully saturated rings. The molecule has 0 saturated heterocycles. The van der Waals surface area contributed by atoms with E-state index in [1.165, 1.54) is 5.56 Å². The average molecular weight is 264 g/mol. The number of benzene rings is 1. The third-order valence-electron chi connectivity index (χ3n) is 1.65. The Hall–Kier alpha value is 0.0500. The minimum atomic E-state index is -2.50. The molecular weight excluding hydrogens is 251 g/mol. The predicted molar refractivity (Wildman–Crippen MR) is 60.5 cm³/mol. The predicted octanol–water partition coefficient (Wildman–Crippen LogP) is 2.81. The van der Waals surface area contributed by atoms with Gasteiger partial charge >= 0.3 is 6.42 Å². The summed E-state index contributed by atoms with van der Waals surface area (Å²) in [6.45, 7) is 4.38. The van der Waals surface area contributed by atoms with E-state index in [4.69, 9.17) is 4.52 Å². The third-order valence-corrected chi connectivity index (χ3v) is 5.03. The van der Waals surface area contributed by atoms with E-state index in [0.29, 0.717) is 6.61 Å². The van der Waals surface area contributed by atoms with E-state index < -0.39 is 6.42 Å². The first-order chi connectivity index (χ1) is 6.06. The summed E-state index contributed by atoms with van der Waals surface area (Å²) < 4.78 is 5.24. The van der Waals surface area contributed by atoms with Gasteiger partial charge in [0.25, 0.3) is 0 Å². The summed E-state index contributed by atoms with van der Waals surface area (Å²) in [5, 5.41) is 0.819. The van der Waals surface area contributed by atoms with Crippen LogP contribution in [0.3, 0.4) is 0 Å². The molecule has 4 heteroatoms. The minimum absolute atomic E-state index is 0.503. The fraction of sp³-hybridized carbons (Fsp3) is 0.333. The van der Waals surface area contributed by atoms with E-state index in [2.05, 4.69) is 15.5 Å². The van der Waals surface area contributed by atoms with Gasteiger partial charge in [-0.05, 0) is 26.0 Å². The highest BCUT2D eigenvalue weighted by Crippen LogP contribution is 2.61. The van der Waals surface area contributed by atoms with Gasteiger partial charge in [0.15, 0.2) is 5.30 Å². The Morgan fingerprint density at radius 2 is 1.92 bits per heavy atom. The molecule has 0 saturated carbocycles. The molecule has 1 unspecified atom stereocenters. The highest BCUT2D eigenvalue weighted by molar-refractivity contribution is 9.41. The second-order valence-electron chi connectivity index (χ2n) is 2.76. The van der Waals surface area contributed by atoms with Crippen molar-refractivity contribution < 1.29 is 9.42 Å². The van der Waals surface area contributed by atoms with Gasteiger partial charge in [0.1, 0.15) is 0 Å². The van der Waals surface area contributed by atoms with Crippen LogP contribution in [0.25, 0.3) is 0 Å². The van der Waals surface area contributed by atoms with Crippen molar-refractivity contribution in [3.63, 3.8) is 0 Å². The molecule has 0 aromatic heterocycles. The van der Waals surface area contributed by atoms with Gasteiger partial charge in [0.05, 0.1) is 6.61 Å². The SMILES string of the molecule is CCO[P+](O)(Br)c1ccc(C)cc1. The summed E-state index contributed by atoms with van der Waals surface area (Å²) >= 11 is 3.22. The monoisotopic (exact) mass is 263 g/mol. The van der Waals surface area contributed by atoms with E-state index >= 15 is 0 Å². The summed E-state index contributed by atoms with van der Waals surface area (Å²) in [7, 11) is 0.